The maximum absolute atomic E-state index is 12.4. The summed E-state index contributed by atoms with van der Waals surface area (Å²) < 4.78 is 0. The van der Waals surface area contributed by atoms with Crippen LogP contribution >= 0.6 is 0 Å². The first kappa shape index (κ1) is 19.2. The molecule has 1 aromatic carbocycles. The van der Waals surface area contributed by atoms with Crippen molar-refractivity contribution in [3.63, 3.8) is 0 Å². The molecule has 2 fully saturated rings. The lowest BCUT2D eigenvalue weighted by molar-refractivity contribution is -0.140. The molecule has 4 amide bonds. The first-order valence-electron chi connectivity index (χ1n) is 10.0. The van der Waals surface area contributed by atoms with E-state index in [-0.39, 0.29) is 48.9 Å². The van der Waals surface area contributed by atoms with E-state index in [1.807, 2.05) is 24.3 Å². The number of hydrazine groups is 1. The zero-order valence-electron chi connectivity index (χ0n) is 16.1. The van der Waals surface area contributed by atoms with Crippen molar-refractivity contribution in [2.24, 2.45) is 11.8 Å². The molecule has 2 unspecified atom stereocenters. The number of carbonyl (C=O) groups excluding carboxylic acids is 4. The van der Waals surface area contributed by atoms with E-state index < -0.39 is 5.91 Å². The van der Waals surface area contributed by atoms with Crippen LogP contribution in [0.15, 0.2) is 30.5 Å². The van der Waals surface area contributed by atoms with Gasteiger partial charge in [-0.05, 0) is 24.5 Å². The van der Waals surface area contributed by atoms with Gasteiger partial charge in [0.2, 0.25) is 23.6 Å². The summed E-state index contributed by atoms with van der Waals surface area (Å²) >= 11 is 0. The Hall–Kier alpha value is -3.16. The number of nitrogens with zero attached hydrogens (tertiary/aromatic N) is 1. The Labute approximate surface area is 168 Å². The number of likely N-dealkylation sites (tertiary alicyclic amines) is 1. The van der Waals surface area contributed by atoms with Gasteiger partial charge in [0.1, 0.15) is 0 Å². The van der Waals surface area contributed by atoms with Crippen molar-refractivity contribution < 1.29 is 19.2 Å². The van der Waals surface area contributed by atoms with Gasteiger partial charge in [0, 0.05) is 30.1 Å². The zero-order chi connectivity index (χ0) is 20.4. The first-order chi connectivity index (χ1) is 14.0. The van der Waals surface area contributed by atoms with Crippen molar-refractivity contribution in [1.82, 2.24) is 20.7 Å². The van der Waals surface area contributed by atoms with Gasteiger partial charge >= 0.3 is 0 Å². The number of rotatable bonds is 5. The number of H-pyrrole nitrogens is 1. The van der Waals surface area contributed by atoms with Crippen molar-refractivity contribution in [2.75, 3.05) is 6.54 Å². The Morgan fingerprint density at radius 3 is 2.38 bits per heavy atom. The molecular weight excluding hydrogens is 372 g/mol. The van der Waals surface area contributed by atoms with Gasteiger partial charge in [-0.1, -0.05) is 31.0 Å². The lowest BCUT2D eigenvalue weighted by Crippen LogP contribution is -2.44. The number of para-hydroxylation sites is 1. The Morgan fingerprint density at radius 2 is 1.66 bits per heavy atom. The number of aromatic nitrogens is 1. The third-order valence-corrected chi connectivity index (χ3v) is 5.86. The predicted molar refractivity (Wildman–Crippen MR) is 105 cm³/mol. The van der Waals surface area contributed by atoms with E-state index in [1.54, 1.807) is 6.20 Å². The maximum atomic E-state index is 12.4. The van der Waals surface area contributed by atoms with Crippen molar-refractivity contribution in [3.8, 4) is 0 Å². The number of nitrogens with one attached hydrogen (secondary N) is 3. The number of benzene rings is 1. The monoisotopic (exact) mass is 396 g/mol. The highest BCUT2D eigenvalue weighted by atomic mass is 16.2. The number of hydrogen-bond donors (Lipinski definition) is 3. The molecule has 152 valence electrons. The minimum absolute atomic E-state index is 0.0374. The van der Waals surface area contributed by atoms with Crippen LogP contribution in [0, 0.1) is 11.8 Å². The normalized spacial score (nSPS) is 21.3. The molecule has 1 saturated heterocycles. The summed E-state index contributed by atoms with van der Waals surface area (Å²) in [5.74, 6) is -1.52. The van der Waals surface area contributed by atoms with Crippen LogP contribution in [0.25, 0.3) is 10.9 Å². The number of carbonyl (C=O) groups is 4. The number of aromatic amines is 1. The highest BCUT2D eigenvalue weighted by Gasteiger charge is 2.47. The molecule has 0 spiro atoms. The number of fused-ring (bicyclic) bond motifs is 2. The van der Waals surface area contributed by atoms with Crippen molar-refractivity contribution in [3.05, 3.63) is 36.0 Å². The highest BCUT2D eigenvalue weighted by molar-refractivity contribution is 6.05. The van der Waals surface area contributed by atoms with E-state index in [0.29, 0.717) is 0 Å². The molecule has 0 radical (unpaired) electrons. The van der Waals surface area contributed by atoms with Gasteiger partial charge in [-0.15, -0.1) is 0 Å². The van der Waals surface area contributed by atoms with Crippen LogP contribution in [0.5, 0.6) is 0 Å². The minimum atomic E-state index is -0.437. The van der Waals surface area contributed by atoms with Gasteiger partial charge in [0.05, 0.1) is 18.3 Å². The van der Waals surface area contributed by atoms with Crippen LogP contribution < -0.4 is 10.9 Å². The second kappa shape index (κ2) is 8.06. The lowest BCUT2D eigenvalue weighted by Gasteiger charge is -2.19. The van der Waals surface area contributed by atoms with E-state index in [2.05, 4.69) is 15.8 Å². The molecular formula is C21H24N4O4. The quantitative estimate of drug-likeness (QED) is 0.524. The Morgan fingerprint density at radius 1 is 1.00 bits per heavy atom. The molecule has 2 aliphatic rings. The van der Waals surface area contributed by atoms with E-state index in [1.165, 1.54) is 4.90 Å². The van der Waals surface area contributed by atoms with Crippen LogP contribution in [0.4, 0.5) is 0 Å². The number of amides is 4. The van der Waals surface area contributed by atoms with Gasteiger partial charge < -0.3 is 4.98 Å². The maximum Gasteiger partial charge on any atom is 0.242 e. The SMILES string of the molecule is O=C(CCN1C(=O)C2CCCCC2C1=O)NNC(=O)Cc1c[nH]c2ccccc12. The molecule has 2 aromatic rings. The van der Waals surface area contributed by atoms with Crippen molar-refractivity contribution >= 4 is 34.5 Å². The summed E-state index contributed by atoms with van der Waals surface area (Å²) in [5, 5.41) is 0.960. The second-order valence-electron chi connectivity index (χ2n) is 7.71. The second-order valence-corrected chi connectivity index (χ2v) is 7.71. The zero-order valence-corrected chi connectivity index (χ0v) is 16.1. The molecule has 8 heteroatoms. The minimum Gasteiger partial charge on any atom is -0.361 e. The predicted octanol–water partition coefficient (Wildman–Crippen LogP) is 1.42. The first-order valence-corrected chi connectivity index (χ1v) is 10.0. The molecule has 1 aliphatic heterocycles. The Bertz CT molecular complexity index is 942. The van der Waals surface area contributed by atoms with Gasteiger partial charge in [-0.2, -0.15) is 0 Å². The van der Waals surface area contributed by atoms with Gasteiger partial charge in [-0.25, -0.2) is 0 Å². The van der Waals surface area contributed by atoms with E-state index in [0.717, 1.165) is 42.1 Å². The Kier molecular flexibility index (Phi) is 5.33. The fourth-order valence-electron chi connectivity index (χ4n) is 4.36. The summed E-state index contributed by atoms with van der Waals surface area (Å²) in [6, 6.07) is 7.66. The molecule has 8 nitrogen and oxygen atoms in total. The van der Waals surface area contributed by atoms with Crippen LogP contribution in [0.1, 0.15) is 37.7 Å². The molecule has 1 aromatic heterocycles. The summed E-state index contributed by atoms with van der Waals surface area (Å²) in [6.07, 6.45) is 5.30. The fraction of sp³-hybridized carbons (Fsp3) is 0.429. The molecule has 4 rings (SSSR count). The third kappa shape index (κ3) is 3.87. The number of imide groups is 1. The van der Waals surface area contributed by atoms with Crippen LogP contribution in [-0.4, -0.2) is 40.1 Å². The van der Waals surface area contributed by atoms with Crippen LogP contribution in [0.2, 0.25) is 0 Å². The molecule has 29 heavy (non-hydrogen) atoms. The summed E-state index contributed by atoms with van der Waals surface area (Å²) in [4.78, 5) is 53.3. The summed E-state index contributed by atoms with van der Waals surface area (Å²) in [7, 11) is 0. The standard InChI is InChI=1S/C21H24N4O4/c26-18(9-10-25-20(28)15-6-1-2-7-16(15)21(25)29)23-24-19(27)11-13-12-22-17-8-4-3-5-14(13)17/h3-5,8,12,15-16,22H,1-2,6-7,9-11H2,(H,23,26)(H,24,27). The molecule has 1 aliphatic carbocycles. The van der Waals surface area contributed by atoms with Gasteiger partial charge in [0.15, 0.2) is 0 Å². The third-order valence-electron chi connectivity index (χ3n) is 5.86. The molecule has 2 atom stereocenters. The largest absolute Gasteiger partial charge is 0.361 e. The molecule has 3 N–H and O–H groups in total. The summed E-state index contributed by atoms with van der Waals surface area (Å²) in [6.45, 7) is 0.0504. The average molecular weight is 396 g/mol. The Balaban J connectivity index is 1.24. The van der Waals surface area contributed by atoms with Crippen molar-refractivity contribution in [1.29, 1.82) is 0 Å². The van der Waals surface area contributed by atoms with Gasteiger partial charge in [0.25, 0.3) is 0 Å². The van der Waals surface area contributed by atoms with Crippen LogP contribution in [-0.2, 0) is 25.6 Å². The summed E-state index contributed by atoms with van der Waals surface area (Å²) in [5.41, 5.74) is 6.53. The van der Waals surface area contributed by atoms with E-state index in [4.69, 9.17) is 0 Å². The topological polar surface area (TPSA) is 111 Å². The highest BCUT2D eigenvalue weighted by Crippen LogP contribution is 2.37. The van der Waals surface area contributed by atoms with Crippen molar-refractivity contribution in [2.45, 2.75) is 38.5 Å². The number of hydrogen-bond acceptors (Lipinski definition) is 4. The molecule has 0 bridgehead atoms. The smallest absolute Gasteiger partial charge is 0.242 e. The average Bonchev–Trinajstić information content (AvgIpc) is 3.25. The van der Waals surface area contributed by atoms with Gasteiger partial charge in [-0.3, -0.25) is 34.9 Å². The molecule has 2 heterocycles. The van der Waals surface area contributed by atoms with E-state index >= 15 is 0 Å². The molecule has 1 saturated carbocycles. The van der Waals surface area contributed by atoms with Crippen LogP contribution in [0.3, 0.4) is 0 Å². The fourth-order valence-corrected chi connectivity index (χ4v) is 4.36. The lowest BCUT2D eigenvalue weighted by atomic mass is 9.81. The van der Waals surface area contributed by atoms with E-state index in [9.17, 15) is 19.2 Å².